The molecule has 0 unspecified atom stereocenters. The van der Waals surface area contributed by atoms with Crippen molar-refractivity contribution in [1.82, 2.24) is 9.21 Å². The van der Waals surface area contributed by atoms with E-state index in [0.29, 0.717) is 31.9 Å². The van der Waals surface area contributed by atoms with Crippen LogP contribution in [0.5, 0.6) is 5.75 Å². The van der Waals surface area contributed by atoms with E-state index in [-0.39, 0.29) is 12.5 Å². The second kappa shape index (κ2) is 7.88. The SMILES string of the molecule is CS(=O)(=O)N1CCN(C(=O)COc2ccccc2-c2ccccc2)CC1. The van der Waals surface area contributed by atoms with Gasteiger partial charge in [0.2, 0.25) is 10.0 Å². The Kier molecular flexibility index (Phi) is 5.58. The topological polar surface area (TPSA) is 66.9 Å². The Morgan fingerprint density at radius 1 is 0.962 bits per heavy atom. The number of nitrogens with zero attached hydrogens (tertiary/aromatic N) is 2. The van der Waals surface area contributed by atoms with Crippen molar-refractivity contribution >= 4 is 15.9 Å². The zero-order valence-electron chi connectivity index (χ0n) is 14.7. The van der Waals surface area contributed by atoms with Crippen LogP contribution in [-0.2, 0) is 14.8 Å². The summed E-state index contributed by atoms with van der Waals surface area (Å²) < 4.78 is 30.3. The zero-order valence-corrected chi connectivity index (χ0v) is 15.5. The number of piperazine rings is 1. The molecule has 0 atom stereocenters. The van der Waals surface area contributed by atoms with E-state index >= 15 is 0 Å². The number of carbonyl (C=O) groups is 1. The fourth-order valence-electron chi connectivity index (χ4n) is 2.95. The molecule has 3 rings (SSSR count). The Morgan fingerprint density at radius 3 is 2.23 bits per heavy atom. The molecule has 1 aliphatic rings. The van der Waals surface area contributed by atoms with Gasteiger partial charge in [0.1, 0.15) is 5.75 Å². The van der Waals surface area contributed by atoms with Crippen molar-refractivity contribution < 1.29 is 17.9 Å². The van der Waals surface area contributed by atoms with Crippen molar-refractivity contribution in [2.45, 2.75) is 0 Å². The van der Waals surface area contributed by atoms with Crippen molar-refractivity contribution in [3.05, 3.63) is 54.6 Å². The lowest BCUT2D eigenvalue weighted by Gasteiger charge is -2.33. The lowest BCUT2D eigenvalue weighted by atomic mass is 10.1. The van der Waals surface area contributed by atoms with Crippen LogP contribution in [0.25, 0.3) is 11.1 Å². The molecular weight excluding hydrogens is 352 g/mol. The first-order valence-corrected chi connectivity index (χ1v) is 10.3. The summed E-state index contributed by atoms with van der Waals surface area (Å²) in [6, 6.07) is 17.5. The minimum absolute atomic E-state index is 0.0667. The van der Waals surface area contributed by atoms with Crippen LogP contribution in [0.1, 0.15) is 0 Å². The van der Waals surface area contributed by atoms with Crippen molar-refractivity contribution in [3.8, 4) is 16.9 Å². The maximum Gasteiger partial charge on any atom is 0.260 e. The third kappa shape index (κ3) is 4.42. The number of sulfonamides is 1. The van der Waals surface area contributed by atoms with Gasteiger partial charge in [0.25, 0.3) is 5.91 Å². The van der Waals surface area contributed by atoms with Gasteiger partial charge in [-0.3, -0.25) is 4.79 Å². The van der Waals surface area contributed by atoms with Crippen LogP contribution in [0.3, 0.4) is 0 Å². The van der Waals surface area contributed by atoms with Crippen LogP contribution in [0.15, 0.2) is 54.6 Å². The van der Waals surface area contributed by atoms with E-state index in [9.17, 15) is 13.2 Å². The van der Waals surface area contributed by atoms with Gasteiger partial charge in [-0.15, -0.1) is 0 Å². The molecule has 2 aromatic carbocycles. The lowest BCUT2D eigenvalue weighted by Crippen LogP contribution is -2.51. The maximum absolute atomic E-state index is 12.4. The van der Waals surface area contributed by atoms with Gasteiger partial charge in [0, 0.05) is 31.7 Å². The number of ether oxygens (including phenoxy) is 1. The lowest BCUT2D eigenvalue weighted by molar-refractivity contribution is -0.134. The largest absolute Gasteiger partial charge is 0.483 e. The molecule has 138 valence electrons. The van der Waals surface area contributed by atoms with E-state index in [1.165, 1.54) is 10.6 Å². The molecule has 0 bridgehead atoms. The number of rotatable bonds is 5. The second-order valence-electron chi connectivity index (χ2n) is 6.19. The molecular formula is C19H22N2O4S. The Morgan fingerprint density at radius 2 is 1.58 bits per heavy atom. The van der Waals surface area contributed by atoms with Crippen LogP contribution in [0, 0.1) is 0 Å². The van der Waals surface area contributed by atoms with E-state index in [0.717, 1.165) is 11.1 Å². The zero-order chi connectivity index (χ0) is 18.6. The highest BCUT2D eigenvalue weighted by atomic mass is 32.2. The average Bonchev–Trinajstić information content (AvgIpc) is 2.66. The summed E-state index contributed by atoms with van der Waals surface area (Å²) in [4.78, 5) is 14.1. The summed E-state index contributed by atoms with van der Waals surface area (Å²) in [6.45, 7) is 1.35. The summed E-state index contributed by atoms with van der Waals surface area (Å²) in [7, 11) is -3.20. The fourth-order valence-corrected chi connectivity index (χ4v) is 3.78. The van der Waals surface area contributed by atoms with Crippen LogP contribution >= 0.6 is 0 Å². The van der Waals surface area contributed by atoms with Crippen LogP contribution in [-0.4, -0.2) is 62.6 Å². The van der Waals surface area contributed by atoms with Crippen molar-refractivity contribution in [2.75, 3.05) is 39.0 Å². The summed E-state index contributed by atoms with van der Waals surface area (Å²) >= 11 is 0. The Hall–Kier alpha value is -2.38. The van der Waals surface area contributed by atoms with E-state index in [1.54, 1.807) is 4.90 Å². The molecule has 1 aliphatic heterocycles. The molecule has 1 saturated heterocycles. The van der Waals surface area contributed by atoms with Gasteiger partial charge in [-0.05, 0) is 11.6 Å². The number of hydrogen-bond acceptors (Lipinski definition) is 4. The number of para-hydroxylation sites is 1. The molecule has 7 heteroatoms. The first kappa shape index (κ1) is 18.4. The van der Waals surface area contributed by atoms with Gasteiger partial charge in [0.15, 0.2) is 6.61 Å². The average molecular weight is 374 g/mol. The highest BCUT2D eigenvalue weighted by Gasteiger charge is 2.26. The fraction of sp³-hybridized carbons (Fsp3) is 0.316. The molecule has 0 aliphatic carbocycles. The standard InChI is InChI=1S/C19H22N2O4S/c1-26(23,24)21-13-11-20(12-14-21)19(22)15-25-18-10-6-5-9-17(18)16-7-3-2-4-8-16/h2-10H,11-15H2,1H3. The summed E-state index contributed by atoms with van der Waals surface area (Å²) in [5.74, 6) is 0.517. The molecule has 1 fully saturated rings. The first-order valence-electron chi connectivity index (χ1n) is 8.45. The smallest absolute Gasteiger partial charge is 0.260 e. The summed E-state index contributed by atoms with van der Waals surface area (Å²) in [6.07, 6.45) is 1.19. The minimum Gasteiger partial charge on any atom is -0.483 e. The number of carbonyl (C=O) groups excluding carboxylic acids is 1. The van der Waals surface area contributed by atoms with E-state index in [2.05, 4.69) is 0 Å². The molecule has 1 heterocycles. The molecule has 0 aromatic heterocycles. The molecule has 0 spiro atoms. The Balaban J connectivity index is 1.61. The first-order chi connectivity index (χ1) is 12.4. The van der Waals surface area contributed by atoms with Crippen molar-refractivity contribution in [2.24, 2.45) is 0 Å². The van der Waals surface area contributed by atoms with E-state index in [1.807, 2.05) is 54.6 Å². The van der Waals surface area contributed by atoms with Crippen LogP contribution in [0.2, 0.25) is 0 Å². The molecule has 2 aromatic rings. The minimum atomic E-state index is -3.20. The summed E-state index contributed by atoms with van der Waals surface area (Å²) in [5.41, 5.74) is 1.96. The summed E-state index contributed by atoms with van der Waals surface area (Å²) in [5, 5.41) is 0. The second-order valence-corrected chi connectivity index (χ2v) is 8.18. The number of benzene rings is 2. The molecule has 0 saturated carbocycles. The van der Waals surface area contributed by atoms with E-state index < -0.39 is 10.0 Å². The molecule has 26 heavy (non-hydrogen) atoms. The quantitative estimate of drug-likeness (QED) is 0.801. The van der Waals surface area contributed by atoms with Crippen molar-refractivity contribution in [1.29, 1.82) is 0 Å². The maximum atomic E-state index is 12.4. The predicted octanol–water partition coefficient (Wildman–Crippen LogP) is 1.84. The number of amides is 1. The monoisotopic (exact) mass is 374 g/mol. The van der Waals surface area contributed by atoms with Gasteiger partial charge in [-0.2, -0.15) is 4.31 Å². The van der Waals surface area contributed by atoms with Gasteiger partial charge in [-0.25, -0.2) is 8.42 Å². The van der Waals surface area contributed by atoms with Crippen LogP contribution in [0.4, 0.5) is 0 Å². The Labute approximate surface area is 154 Å². The van der Waals surface area contributed by atoms with Gasteiger partial charge >= 0.3 is 0 Å². The predicted molar refractivity (Wildman–Crippen MR) is 100 cm³/mol. The van der Waals surface area contributed by atoms with Gasteiger partial charge in [-0.1, -0.05) is 48.5 Å². The molecule has 6 nitrogen and oxygen atoms in total. The van der Waals surface area contributed by atoms with E-state index in [4.69, 9.17) is 4.74 Å². The third-order valence-corrected chi connectivity index (χ3v) is 5.69. The molecule has 0 N–H and O–H groups in total. The van der Waals surface area contributed by atoms with Crippen molar-refractivity contribution in [3.63, 3.8) is 0 Å². The highest BCUT2D eigenvalue weighted by Crippen LogP contribution is 2.29. The normalized spacial score (nSPS) is 15.7. The molecule has 1 amide bonds. The third-order valence-electron chi connectivity index (χ3n) is 4.38. The van der Waals surface area contributed by atoms with Crippen LogP contribution < -0.4 is 4.74 Å². The highest BCUT2D eigenvalue weighted by molar-refractivity contribution is 7.88. The van der Waals surface area contributed by atoms with Gasteiger partial charge < -0.3 is 9.64 Å². The Bertz CT molecular complexity index is 860. The molecule has 0 radical (unpaired) electrons. The number of hydrogen-bond donors (Lipinski definition) is 0. The van der Waals surface area contributed by atoms with Gasteiger partial charge in [0.05, 0.1) is 6.26 Å².